The molecule has 1 aromatic heterocycles. The van der Waals surface area contributed by atoms with Crippen molar-refractivity contribution in [3.05, 3.63) is 119 Å². The molecule has 1 amide bonds. The molecule has 0 bridgehead atoms. The number of carbonyl (C=O) groups excluding carboxylic acids is 1. The first-order valence-corrected chi connectivity index (χ1v) is 11.5. The van der Waals surface area contributed by atoms with E-state index < -0.39 is 0 Å². The van der Waals surface area contributed by atoms with Crippen molar-refractivity contribution in [1.29, 1.82) is 0 Å². The molecule has 0 aliphatic carbocycles. The van der Waals surface area contributed by atoms with Crippen molar-refractivity contribution >= 4 is 33.8 Å². The summed E-state index contributed by atoms with van der Waals surface area (Å²) in [6.45, 7) is 4.89. The molecule has 5 rings (SSSR count). The third kappa shape index (κ3) is 4.48. The van der Waals surface area contributed by atoms with Crippen LogP contribution in [0.5, 0.6) is 0 Å². The molecule has 0 atom stereocenters. The van der Waals surface area contributed by atoms with Crippen molar-refractivity contribution < 1.29 is 4.79 Å². The van der Waals surface area contributed by atoms with Crippen molar-refractivity contribution in [1.82, 2.24) is 9.99 Å². The van der Waals surface area contributed by atoms with E-state index in [2.05, 4.69) is 95.8 Å². The van der Waals surface area contributed by atoms with Crippen molar-refractivity contribution in [2.75, 3.05) is 0 Å². The zero-order valence-corrected chi connectivity index (χ0v) is 19.5. The summed E-state index contributed by atoms with van der Waals surface area (Å²) in [5, 5.41) is 7.87. The number of rotatable bonds is 6. The fourth-order valence-corrected chi connectivity index (χ4v) is 4.43. The predicted molar refractivity (Wildman–Crippen MR) is 140 cm³/mol. The van der Waals surface area contributed by atoms with Gasteiger partial charge < -0.3 is 4.57 Å². The highest BCUT2D eigenvalue weighted by Crippen LogP contribution is 2.24. The summed E-state index contributed by atoms with van der Waals surface area (Å²) >= 11 is 0. The number of fused-ring (bicyclic) bond motifs is 2. The molecule has 0 saturated carbocycles. The second kappa shape index (κ2) is 9.36. The molecule has 1 N–H and O–H groups in total. The minimum atomic E-state index is -0.126. The van der Waals surface area contributed by atoms with Gasteiger partial charge in [-0.2, -0.15) is 5.10 Å². The van der Waals surface area contributed by atoms with Gasteiger partial charge in [-0.3, -0.25) is 4.79 Å². The van der Waals surface area contributed by atoms with Crippen LogP contribution in [0.1, 0.15) is 27.8 Å². The lowest BCUT2D eigenvalue weighted by atomic mass is 10.0. The molecule has 4 heteroatoms. The van der Waals surface area contributed by atoms with Crippen LogP contribution >= 0.6 is 0 Å². The predicted octanol–water partition coefficient (Wildman–Crippen LogP) is 6.15. The molecule has 0 unspecified atom stereocenters. The van der Waals surface area contributed by atoms with Crippen LogP contribution in [-0.2, 0) is 17.8 Å². The number of benzene rings is 4. The number of hydrazone groups is 1. The molecule has 0 aliphatic heterocycles. The average molecular weight is 446 g/mol. The quantitative estimate of drug-likeness (QED) is 0.247. The Balaban J connectivity index is 1.36. The Morgan fingerprint density at radius 1 is 0.882 bits per heavy atom. The van der Waals surface area contributed by atoms with E-state index in [1.54, 1.807) is 6.21 Å². The summed E-state index contributed by atoms with van der Waals surface area (Å²) in [5.74, 6) is -0.126. The highest BCUT2D eigenvalue weighted by molar-refractivity contribution is 6.00. The fraction of sp³-hybridized carbons (Fsp3) is 0.133. The van der Waals surface area contributed by atoms with E-state index in [9.17, 15) is 4.79 Å². The third-order valence-corrected chi connectivity index (χ3v) is 6.37. The summed E-state index contributed by atoms with van der Waals surface area (Å²) in [6, 6.07) is 29.3. The van der Waals surface area contributed by atoms with E-state index in [1.807, 2.05) is 24.3 Å². The normalized spacial score (nSPS) is 11.5. The molecule has 0 radical (unpaired) electrons. The van der Waals surface area contributed by atoms with Crippen LogP contribution in [0.25, 0.3) is 21.7 Å². The maximum atomic E-state index is 12.4. The lowest BCUT2D eigenvalue weighted by Gasteiger charge is -2.09. The molecule has 0 spiro atoms. The molecule has 4 aromatic carbocycles. The first kappa shape index (κ1) is 21.7. The van der Waals surface area contributed by atoms with Gasteiger partial charge in [-0.05, 0) is 52.9 Å². The Bertz CT molecular complexity index is 1520. The fourth-order valence-electron chi connectivity index (χ4n) is 4.43. The zero-order chi connectivity index (χ0) is 23.5. The lowest BCUT2D eigenvalue weighted by Crippen LogP contribution is -2.19. The first-order chi connectivity index (χ1) is 16.6. The molecule has 5 aromatic rings. The largest absolute Gasteiger partial charge is 0.342 e. The smallest absolute Gasteiger partial charge is 0.244 e. The first-order valence-electron chi connectivity index (χ1n) is 11.5. The maximum absolute atomic E-state index is 12.4. The number of nitrogens with zero attached hydrogens (tertiary/aromatic N) is 2. The molecule has 1 heterocycles. The van der Waals surface area contributed by atoms with E-state index in [-0.39, 0.29) is 5.91 Å². The van der Waals surface area contributed by atoms with E-state index in [0.29, 0.717) is 6.42 Å². The van der Waals surface area contributed by atoms with Gasteiger partial charge in [0.05, 0.1) is 12.6 Å². The minimum Gasteiger partial charge on any atom is -0.342 e. The number of carbonyl (C=O) groups is 1. The van der Waals surface area contributed by atoms with Gasteiger partial charge in [0.1, 0.15) is 0 Å². The highest BCUT2D eigenvalue weighted by atomic mass is 16.2. The Hall–Kier alpha value is -4.18. The van der Waals surface area contributed by atoms with Crippen LogP contribution in [-0.4, -0.2) is 16.7 Å². The van der Waals surface area contributed by atoms with Gasteiger partial charge in [0.15, 0.2) is 0 Å². The summed E-state index contributed by atoms with van der Waals surface area (Å²) in [7, 11) is 0. The van der Waals surface area contributed by atoms with Gasteiger partial charge in [0.25, 0.3) is 0 Å². The molecule has 0 aliphatic rings. The van der Waals surface area contributed by atoms with Gasteiger partial charge in [-0.25, -0.2) is 5.43 Å². The molecule has 0 fully saturated rings. The van der Waals surface area contributed by atoms with Crippen molar-refractivity contribution in [2.45, 2.75) is 26.8 Å². The van der Waals surface area contributed by atoms with Crippen molar-refractivity contribution in [3.63, 3.8) is 0 Å². The van der Waals surface area contributed by atoms with Crippen LogP contribution in [0.4, 0.5) is 0 Å². The van der Waals surface area contributed by atoms with E-state index in [4.69, 9.17) is 0 Å². The number of para-hydroxylation sites is 1. The second-order valence-corrected chi connectivity index (χ2v) is 8.76. The number of hydrogen-bond donors (Lipinski definition) is 1. The Morgan fingerprint density at radius 3 is 2.50 bits per heavy atom. The summed E-state index contributed by atoms with van der Waals surface area (Å²) < 4.78 is 2.25. The molecule has 4 nitrogen and oxygen atoms in total. The van der Waals surface area contributed by atoms with E-state index in [1.165, 1.54) is 27.5 Å². The topological polar surface area (TPSA) is 46.4 Å². The summed E-state index contributed by atoms with van der Waals surface area (Å²) in [5.41, 5.74) is 9.46. The Morgan fingerprint density at radius 2 is 1.65 bits per heavy atom. The third-order valence-electron chi connectivity index (χ3n) is 6.37. The molecular formula is C30H27N3O. The van der Waals surface area contributed by atoms with Gasteiger partial charge in [-0.1, -0.05) is 78.9 Å². The average Bonchev–Trinajstić information content (AvgIpc) is 3.19. The number of aryl methyl sites for hydroxylation is 2. The van der Waals surface area contributed by atoms with Crippen molar-refractivity contribution in [2.24, 2.45) is 5.10 Å². The van der Waals surface area contributed by atoms with E-state index >= 15 is 0 Å². The van der Waals surface area contributed by atoms with Crippen LogP contribution in [0, 0.1) is 13.8 Å². The lowest BCUT2D eigenvalue weighted by molar-refractivity contribution is -0.120. The standard InChI is InChI=1S/C30H27N3O/c1-21-14-15-23(16-22(21)2)17-30(34)32-31-18-26-20-33(29-13-6-5-12-28(26)29)19-25-10-7-9-24-8-3-4-11-27(24)25/h3-16,18,20H,17,19H2,1-2H3,(H,32,34)/b31-18-. The SMILES string of the molecule is Cc1ccc(CC(=O)N/N=C\c2cn(Cc3cccc4ccccc34)c3ccccc23)cc1C. The highest BCUT2D eigenvalue weighted by Gasteiger charge is 2.09. The van der Waals surface area contributed by atoms with Gasteiger partial charge in [0, 0.05) is 29.2 Å². The Kier molecular flexibility index (Phi) is 5.96. The van der Waals surface area contributed by atoms with Gasteiger partial charge in [-0.15, -0.1) is 0 Å². The van der Waals surface area contributed by atoms with Gasteiger partial charge in [0.2, 0.25) is 5.91 Å². The molecule has 34 heavy (non-hydrogen) atoms. The second-order valence-electron chi connectivity index (χ2n) is 8.76. The minimum absolute atomic E-state index is 0.126. The summed E-state index contributed by atoms with van der Waals surface area (Å²) in [6.07, 6.45) is 4.15. The monoisotopic (exact) mass is 445 g/mol. The molecule has 0 saturated heterocycles. The molecule has 168 valence electrons. The summed E-state index contributed by atoms with van der Waals surface area (Å²) in [4.78, 5) is 12.4. The molecular weight excluding hydrogens is 418 g/mol. The number of nitrogens with one attached hydrogen (secondary N) is 1. The van der Waals surface area contributed by atoms with Gasteiger partial charge >= 0.3 is 0 Å². The Labute approximate surface area is 199 Å². The number of aromatic nitrogens is 1. The van der Waals surface area contributed by atoms with Crippen LogP contribution < -0.4 is 5.43 Å². The maximum Gasteiger partial charge on any atom is 0.244 e. The number of hydrogen-bond acceptors (Lipinski definition) is 2. The number of amides is 1. The zero-order valence-electron chi connectivity index (χ0n) is 19.5. The van der Waals surface area contributed by atoms with Crippen LogP contribution in [0.15, 0.2) is 96.2 Å². The van der Waals surface area contributed by atoms with Crippen molar-refractivity contribution in [3.8, 4) is 0 Å². The van der Waals surface area contributed by atoms with Crippen LogP contribution in [0.3, 0.4) is 0 Å². The van der Waals surface area contributed by atoms with Crippen LogP contribution in [0.2, 0.25) is 0 Å². The van der Waals surface area contributed by atoms with E-state index in [0.717, 1.165) is 28.6 Å².